The Labute approximate surface area is 126 Å². The second-order valence-corrected chi connectivity index (χ2v) is 5.43. The van der Waals surface area contributed by atoms with Gasteiger partial charge in [-0.05, 0) is 48.2 Å². The maximum atomic E-state index is 12.5. The van der Waals surface area contributed by atoms with E-state index in [0.29, 0.717) is 17.9 Å². The Hall–Kier alpha value is -1.52. The van der Waals surface area contributed by atoms with E-state index in [-0.39, 0.29) is 6.04 Å². The van der Waals surface area contributed by atoms with E-state index in [9.17, 15) is 13.2 Å². The molecule has 0 aliphatic rings. The summed E-state index contributed by atoms with van der Waals surface area (Å²) in [5.41, 5.74) is 7.25. The molecule has 0 amide bonds. The molecule has 2 aromatic carbocycles. The van der Waals surface area contributed by atoms with Crippen molar-refractivity contribution >= 4 is 11.6 Å². The van der Waals surface area contributed by atoms with Crippen LogP contribution in [0.3, 0.4) is 0 Å². The zero-order valence-corrected chi connectivity index (χ0v) is 12.0. The number of halogens is 4. The lowest BCUT2D eigenvalue weighted by atomic mass is 9.99. The Kier molecular flexibility index (Phi) is 4.91. The smallest absolute Gasteiger partial charge is 0.327 e. The van der Waals surface area contributed by atoms with Crippen molar-refractivity contribution in [2.75, 3.05) is 0 Å². The summed E-state index contributed by atoms with van der Waals surface area (Å²) in [4.78, 5) is 0. The van der Waals surface area contributed by atoms with Gasteiger partial charge in [0.15, 0.2) is 0 Å². The molecule has 0 aromatic heterocycles. The summed E-state index contributed by atoms with van der Waals surface area (Å²) in [5, 5.41) is 0.662. The van der Waals surface area contributed by atoms with Crippen molar-refractivity contribution in [1.82, 2.24) is 0 Å². The lowest BCUT2D eigenvalue weighted by Gasteiger charge is -2.13. The number of benzene rings is 2. The van der Waals surface area contributed by atoms with E-state index in [1.54, 1.807) is 12.1 Å². The number of hydrogen-bond acceptors (Lipinski definition) is 1. The highest BCUT2D eigenvalue weighted by atomic mass is 35.5. The van der Waals surface area contributed by atoms with Crippen LogP contribution in [0.25, 0.3) is 0 Å². The minimum Gasteiger partial charge on any atom is -0.327 e. The van der Waals surface area contributed by atoms with Crippen LogP contribution in [0, 0.1) is 0 Å². The van der Waals surface area contributed by atoms with Gasteiger partial charge < -0.3 is 5.73 Å². The Bertz CT molecular complexity index is 576. The SMILES string of the molecule is NC(Cc1ccc(Cl)cc1)Cc1ccc(C(F)(F)F)cc1. The molecule has 0 spiro atoms. The fourth-order valence-electron chi connectivity index (χ4n) is 2.13. The number of hydrogen-bond donors (Lipinski definition) is 1. The van der Waals surface area contributed by atoms with Crippen molar-refractivity contribution in [1.29, 1.82) is 0 Å². The van der Waals surface area contributed by atoms with Crippen LogP contribution in [0.2, 0.25) is 5.02 Å². The van der Waals surface area contributed by atoms with Gasteiger partial charge >= 0.3 is 6.18 Å². The number of alkyl halides is 3. The molecule has 0 saturated heterocycles. The summed E-state index contributed by atoms with van der Waals surface area (Å²) in [5.74, 6) is 0. The van der Waals surface area contributed by atoms with Gasteiger partial charge in [0.25, 0.3) is 0 Å². The molecule has 0 radical (unpaired) electrons. The van der Waals surface area contributed by atoms with Crippen LogP contribution in [0.1, 0.15) is 16.7 Å². The Morgan fingerprint density at radius 3 is 1.71 bits per heavy atom. The van der Waals surface area contributed by atoms with Crippen LogP contribution in [0.15, 0.2) is 48.5 Å². The van der Waals surface area contributed by atoms with E-state index in [1.807, 2.05) is 12.1 Å². The molecule has 21 heavy (non-hydrogen) atoms. The minimum absolute atomic E-state index is 0.150. The summed E-state index contributed by atoms with van der Waals surface area (Å²) < 4.78 is 37.4. The number of rotatable bonds is 4. The second-order valence-electron chi connectivity index (χ2n) is 4.99. The van der Waals surface area contributed by atoms with E-state index in [1.165, 1.54) is 12.1 Å². The van der Waals surface area contributed by atoms with Crippen LogP contribution in [-0.4, -0.2) is 6.04 Å². The van der Waals surface area contributed by atoms with Gasteiger partial charge in [0, 0.05) is 11.1 Å². The summed E-state index contributed by atoms with van der Waals surface area (Å²) >= 11 is 5.81. The van der Waals surface area contributed by atoms with Gasteiger partial charge in [0.2, 0.25) is 0 Å². The maximum Gasteiger partial charge on any atom is 0.416 e. The van der Waals surface area contributed by atoms with Crippen molar-refractivity contribution in [2.24, 2.45) is 5.73 Å². The Balaban J connectivity index is 1.96. The first-order valence-corrected chi connectivity index (χ1v) is 6.88. The number of nitrogens with two attached hydrogens (primary N) is 1. The molecule has 2 aromatic rings. The first kappa shape index (κ1) is 15.9. The fraction of sp³-hybridized carbons (Fsp3) is 0.250. The first-order chi connectivity index (χ1) is 9.84. The molecule has 2 N–H and O–H groups in total. The van der Waals surface area contributed by atoms with E-state index < -0.39 is 11.7 Å². The lowest BCUT2D eigenvalue weighted by molar-refractivity contribution is -0.137. The second kappa shape index (κ2) is 6.50. The maximum absolute atomic E-state index is 12.5. The molecule has 0 aliphatic heterocycles. The summed E-state index contributed by atoms with van der Waals surface area (Å²) in [6.45, 7) is 0. The van der Waals surface area contributed by atoms with Gasteiger partial charge in [-0.2, -0.15) is 13.2 Å². The molecule has 0 heterocycles. The van der Waals surface area contributed by atoms with Gasteiger partial charge in [0.05, 0.1) is 5.56 Å². The molecule has 0 bridgehead atoms. The monoisotopic (exact) mass is 313 g/mol. The van der Waals surface area contributed by atoms with E-state index in [2.05, 4.69) is 0 Å². The average molecular weight is 314 g/mol. The van der Waals surface area contributed by atoms with E-state index in [4.69, 9.17) is 17.3 Å². The third-order valence-electron chi connectivity index (χ3n) is 3.19. The topological polar surface area (TPSA) is 26.0 Å². The van der Waals surface area contributed by atoms with Crippen LogP contribution >= 0.6 is 11.6 Å². The normalized spacial score (nSPS) is 13.2. The van der Waals surface area contributed by atoms with Gasteiger partial charge in [0.1, 0.15) is 0 Å². The Morgan fingerprint density at radius 1 is 0.857 bits per heavy atom. The molecule has 0 aliphatic carbocycles. The molecule has 1 unspecified atom stereocenters. The molecule has 112 valence electrons. The van der Waals surface area contributed by atoms with Crippen LogP contribution in [0.4, 0.5) is 13.2 Å². The Morgan fingerprint density at radius 2 is 1.29 bits per heavy atom. The fourth-order valence-corrected chi connectivity index (χ4v) is 2.25. The molecular weight excluding hydrogens is 299 g/mol. The predicted molar refractivity (Wildman–Crippen MR) is 78.3 cm³/mol. The third-order valence-corrected chi connectivity index (χ3v) is 3.44. The summed E-state index contributed by atoms with van der Waals surface area (Å²) in [7, 11) is 0. The standard InChI is InChI=1S/C16H15ClF3N/c17-14-7-3-12(4-8-14)10-15(21)9-11-1-5-13(6-2-11)16(18,19)20/h1-8,15H,9-10,21H2. The quantitative estimate of drug-likeness (QED) is 0.885. The molecule has 0 saturated carbocycles. The predicted octanol–water partition coefficient (Wildman–Crippen LogP) is 4.47. The highest BCUT2D eigenvalue weighted by molar-refractivity contribution is 6.30. The highest BCUT2D eigenvalue weighted by Gasteiger charge is 2.29. The molecule has 5 heteroatoms. The third kappa shape index (κ3) is 4.76. The molecule has 2 rings (SSSR count). The lowest BCUT2D eigenvalue weighted by Crippen LogP contribution is -2.25. The molecule has 1 nitrogen and oxygen atoms in total. The summed E-state index contributed by atoms with van der Waals surface area (Å²) in [6, 6.07) is 12.4. The summed E-state index contributed by atoms with van der Waals surface area (Å²) in [6.07, 6.45) is -3.12. The van der Waals surface area contributed by atoms with Gasteiger partial charge in [-0.3, -0.25) is 0 Å². The zero-order valence-electron chi connectivity index (χ0n) is 11.2. The van der Waals surface area contributed by atoms with Crippen LogP contribution in [0.5, 0.6) is 0 Å². The van der Waals surface area contributed by atoms with Crippen molar-refractivity contribution in [3.8, 4) is 0 Å². The van der Waals surface area contributed by atoms with Gasteiger partial charge in [-0.15, -0.1) is 0 Å². The minimum atomic E-state index is -4.30. The van der Waals surface area contributed by atoms with Crippen molar-refractivity contribution in [3.63, 3.8) is 0 Å². The molecule has 0 fully saturated rings. The zero-order chi connectivity index (χ0) is 15.5. The van der Waals surface area contributed by atoms with Crippen molar-refractivity contribution in [2.45, 2.75) is 25.1 Å². The average Bonchev–Trinajstić information content (AvgIpc) is 2.41. The van der Waals surface area contributed by atoms with Crippen molar-refractivity contribution < 1.29 is 13.2 Å². The van der Waals surface area contributed by atoms with Crippen LogP contribution in [-0.2, 0) is 19.0 Å². The van der Waals surface area contributed by atoms with Gasteiger partial charge in [-0.25, -0.2) is 0 Å². The highest BCUT2D eigenvalue weighted by Crippen LogP contribution is 2.29. The van der Waals surface area contributed by atoms with Crippen LogP contribution < -0.4 is 5.73 Å². The van der Waals surface area contributed by atoms with E-state index in [0.717, 1.165) is 23.3 Å². The van der Waals surface area contributed by atoms with E-state index >= 15 is 0 Å². The van der Waals surface area contributed by atoms with Crippen molar-refractivity contribution in [3.05, 3.63) is 70.2 Å². The largest absolute Gasteiger partial charge is 0.416 e. The van der Waals surface area contributed by atoms with Gasteiger partial charge in [-0.1, -0.05) is 35.9 Å². The molecular formula is C16H15ClF3N. The molecule has 1 atom stereocenters. The first-order valence-electron chi connectivity index (χ1n) is 6.51.